The predicted octanol–water partition coefficient (Wildman–Crippen LogP) is 2.68. The van der Waals surface area contributed by atoms with E-state index in [2.05, 4.69) is 21.3 Å². The number of piperazine rings is 1. The molecular weight excluding hydrogens is 338 g/mol. The number of amides is 1. The largest absolute Gasteiger partial charge is 0.385 e. The molecule has 2 saturated heterocycles. The molecule has 2 unspecified atom stereocenters. The van der Waals surface area contributed by atoms with E-state index < -0.39 is 0 Å². The molecule has 4 rings (SSSR count). The van der Waals surface area contributed by atoms with Gasteiger partial charge in [-0.2, -0.15) is 5.26 Å². The minimum atomic E-state index is 0.124. The first-order chi connectivity index (χ1) is 13.2. The van der Waals surface area contributed by atoms with Crippen molar-refractivity contribution in [3.05, 3.63) is 53.9 Å². The van der Waals surface area contributed by atoms with Crippen molar-refractivity contribution in [3.8, 4) is 6.07 Å². The maximum Gasteiger partial charge on any atom is 0.270 e. The molecule has 6 nitrogen and oxygen atoms in total. The van der Waals surface area contributed by atoms with Crippen LogP contribution in [0.2, 0.25) is 0 Å². The van der Waals surface area contributed by atoms with Crippen LogP contribution in [-0.4, -0.2) is 59.0 Å². The molecule has 0 radical (unpaired) electrons. The fourth-order valence-electron chi connectivity index (χ4n) is 4.31. The van der Waals surface area contributed by atoms with Crippen molar-refractivity contribution in [1.29, 1.82) is 5.26 Å². The highest BCUT2D eigenvalue weighted by Crippen LogP contribution is 2.30. The molecule has 2 bridgehead atoms. The van der Waals surface area contributed by atoms with E-state index in [0.717, 1.165) is 38.3 Å². The highest BCUT2D eigenvalue weighted by molar-refractivity contribution is 5.92. The van der Waals surface area contributed by atoms with Gasteiger partial charge in [0.25, 0.3) is 5.91 Å². The molecule has 2 aliphatic rings. The van der Waals surface area contributed by atoms with Gasteiger partial charge in [0.2, 0.25) is 0 Å². The van der Waals surface area contributed by atoms with Gasteiger partial charge < -0.3 is 15.2 Å². The minimum Gasteiger partial charge on any atom is -0.385 e. The molecule has 6 heteroatoms. The van der Waals surface area contributed by atoms with Crippen molar-refractivity contribution in [2.24, 2.45) is 0 Å². The first-order valence-electron chi connectivity index (χ1n) is 9.67. The molecule has 2 N–H and O–H groups in total. The van der Waals surface area contributed by atoms with Crippen LogP contribution < -0.4 is 5.32 Å². The predicted molar refractivity (Wildman–Crippen MR) is 104 cm³/mol. The summed E-state index contributed by atoms with van der Waals surface area (Å²) >= 11 is 0. The molecule has 1 aromatic heterocycles. The summed E-state index contributed by atoms with van der Waals surface area (Å²) in [5, 5.41) is 12.3. The van der Waals surface area contributed by atoms with E-state index in [9.17, 15) is 4.79 Å². The third-order valence-corrected chi connectivity index (χ3v) is 5.69. The molecule has 2 aliphatic heterocycles. The Bertz CT molecular complexity index is 794. The lowest BCUT2D eigenvalue weighted by molar-refractivity contribution is 0.0444. The van der Waals surface area contributed by atoms with Gasteiger partial charge in [-0.25, -0.2) is 0 Å². The third kappa shape index (κ3) is 3.83. The van der Waals surface area contributed by atoms with Crippen molar-refractivity contribution in [3.63, 3.8) is 0 Å². The number of carbonyl (C=O) groups excluding carboxylic acids is 1. The van der Waals surface area contributed by atoms with E-state index >= 15 is 0 Å². The molecule has 1 amide bonds. The SMILES string of the molecule is N#Cc1ccc(NCCCN2C3CCC2CN(C(=O)c2ccc[nH]2)C3)cc1. The Morgan fingerprint density at radius 2 is 1.93 bits per heavy atom. The number of nitrogens with zero attached hydrogens (tertiary/aromatic N) is 3. The number of carbonyl (C=O) groups is 1. The zero-order valence-corrected chi connectivity index (χ0v) is 15.4. The van der Waals surface area contributed by atoms with Crippen LogP contribution in [0.1, 0.15) is 35.3 Å². The highest BCUT2D eigenvalue weighted by atomic mass is 16.2. The van der Waals surface area contributed by atoms with Gasteiger partial charge in [0.15, 0.2) is 0 Å². The highest BCUT2D eigenvalue weighted by Gasteiger charge is 2.41. The molecular formula is C21H25N5O. The second-order valence-corrected chi connectivity index (χ2v) is 7.39. The number of fused-ring (bicyclic) bond motifs is 2. The Balaban J connectivity index is 1.25. The van der Waals surface area contributed by atoms with Crippen LogP contribution in [0.3, 0.4) is 0 Å². The van der Waals surface area contributed by atoms with E-state index in [-0.39, 0.29) is 5.91 Å². The molecule has 1 aromatic carbocycles. The van der Waals surface area contributed by atoms with Crippen LogP contribution in [0.25, 0.3) is 0 Å². The zero-order chi connectivity index (χ0) is 18.6. The second kappa shape index (κ2) is 7.85. The second-order valence-electron chi connectivity index (χ2n) is 7.39. The third-order valence-electron chi connectivity index (χ3n) is 5.69. The molecule has 2 atom stereocenters. The maximum atomic E-state index is 12.6. The van der Waals surface area contributed by atoms with Crippen molar-refractivity contribution < 1.29 is 4.79 Å². The summed E-state index contributed by atoms with van der Waals surface area (Å²) in [6.07, 6.45) is 5.24. The molecule has 2 aromatic rings. The molecule has 27 heavy (non-hydrogen) atoms. The Kier molecular flexibility index (Phi) is 5.12. The summed E-state index contributed by atoms with van der Waals surface area (Å²) in [6, 6.07) is 14.4. The topological polar surface area (TPSA) is 75.2 Å². The van der Waals surface area contributed by atoms with Crippen LogP contribution in [0, 0.1) is 11.3 Å². The molecule has 0 spiro atoms. The minimum absolute atomic E-state index is 0.124. The number of aromatic nitrogens is 1. The lowest BCUT2D eigenvalue weighted by Crippen LogP contribution is -2.55. The van der Waals surface area contributed by atoms with E-state index in [1.54, 1.807) is 6.20 Å². The number of aromatic amines is 1. The van der Waals surface area contributed by atoms with Crippen molar-refractivity contribution in [1.82, 2.24) is 14.8 Å². The molecule has 3 heterocycles. The van der Waals surface area contributed by atoms with Gasteiger partial charge in [-0.1, -0.05) is 0 Å². The number of rotatable bonds is 6. The molecule has 2 fully saturated rings. The van der Waals surface area contributed by atoms with E-state index in [0.29, 0.717) is 23.3 Å². The van der Waals surface area contributed by atoms with Crippen LogP contribution >= 0.6 is 0 Å². The van der Waals surface area contributed by atoms with E-state index in [1.807, 2.05) is 41.3 Å². The fraction of sp³-hybridized carbons (Fsp3) is 0.429. The molecule has 0 saturated carbocycles. The summed E-state index contributed by atoms with van der Waals surface area (Å²) in [7, 11) is 0. The lowest BCUT2D eigenvalue weighted by Gasteiger charge is -2.41. The van der Waals surface area contributed by atoms with Gasteiger partial charge in [0.05, 0.1) is 11.6 Å². The Labute approximate surface area is 159 Å². The van der Waals surface area contributed by atoms with E-state index in [1.165, 1.54) is 12.8 Å². The number of likely N-dealkylation sites (tertiary alicyclic amines) is 1. The van der Waals surface area contributed by atoms with Gasteiger partial charge in [-0.15, -0.1) is 0 Å². The number of anilines is 1. The standard InChI is InChI=1S/C21H25N5O/c22-13-16-4-6-17(7-5-16)23-11-2-12-26-18-8-9-19(26)15-25(14-18)21(27)20-3-1-10-24-20/h1,3-7,10,18-19,23-24H,2,8-9,11-12,14-15H2. The van der Waals surface area contributed by atoms with Crippen LogP contribution in [0.4, 0.5) is 5.69 Å². The summed E-state index contributed by atoms with van der Waals surface area (Å²) < 4.78 is 0. The normalized spacial score (nSPS) is 21.8. The number of H-pyrrole nitrogens is 1. The summed E-state index contributed by atoms with van der Waals surface area (Å²) in [4.78, 5) is 20.2. The molecule has 140 valence electrons. The Morgan fingerprint density at radius 1 is 1.19 bits per heavy atom. The maximum absolute atomic E-state index is 12.6. The fourth-order valence-corrected chi connectivity index (χ4v) is 4.31. The molecule has 0 aliphatic carbocycles. The van der Waals surface area contributed by atoms with Gasteiger partial charge in [-0.3, -0.25) is 9.69 Å². The van der Waals surface area contributed by atoms with E-state index in [4.69, 9.17) is 5.26 Å². The zero-order valence-electron chi connectivity index (χ0n) is 15.4. The average molecular weight is 363 g/mol. The smallest absolute Gasteiger partial charge is 0.270 e. The summed E-state index contributed by atoms with van der Waals surface area (Å²) in [6.45, 7) is 3.63. The monoisotopic (exact) mass is 363 g/mol. The quantitative estimate of drug-likeness (QED) is 0.774. The first-order valence-corrected chi connectivity index (χ1v) is 9.67. The number of hydrogen-bond donors (Lipinski definition) is 2. The van der Waals surface area contributed by atoms with Gasteiger partial charge in [-0.05, 0) is 55.7 Å². The van der Waals surface area contributed by atoms with Gasteiger partial charge >= 0.3 is 0 Å². The first kappa shape index (κ1) is 17.6. The van der Waals surface area contributed by atoms with Crippen LogP contribution in [-0.2, 0) is 0 Å². The van der Waals surface area contributed by atoms with Crippen molar-refractivity contribution in [2.45, 2.75) is 31.3 Å². The number of nitriles is 1. The lowest BCUT2D eigenvalue weighted by atomic mass is 10.1. The van der Waals surface area contributed by atoms with Gasteiger partial charge in [0.1, 0.15) is 5.69 Å². The number of nitrogens with one attached hydrogen (secondary N) is 2. The number of benzene rings is 1. The Hall–Kier alpha value is -2.78. The van der Waals surface area contributed by atoms with Crippen LogP contribution in [0.5, 0.6) is 0 Å². The van der Waals surface area contributed by atoms with Crippen LogP contribution in [0.15, 0.2) is 42.6 Å². The summed E-state index contributed by atoms with van der Waals surface area (Å²) in [5.41, 5.74) is 2.43. The van der Waals surface area contributed by atoms with Crippen molar-refractivity contribution in [2.75, 3.05) is 31.5 Å². The average Bonchev–Trinajstić information content (AvgIpc) is 3.31. The van der Waals surface area contributed by atoms with Crippen molar-refractivity contribution >= 4 is 11.6 Å². The van der Waals surface area contributed by atoms with Gasteiger partial charge in [0, 0.05) is 50.1 Å². The Morgan fingerprint density at radius 3 is 2.56 bits per heavy atom. The summed E-state index contributed by atoms with van der Waals surface area (Å²) in [5.74, 6) is 0.124. The number of hydrogen-bond acceptors (Lipinski definition) is 4.